The second-order valence-electron chi connectivity index (χ2n) is 5.33. The third-order valence-corrected chi connectivity index (χ3v) is 3.87. The highest BCUT2D eigenvalue weighted by atomic mass is 16.4. The molecule has 0 aliphatic heterocycles. The fraction of sp³-hybridized carbons (Fsp3) is 0.133. The van der Waals surface area contributed by atoms with Gasteiger partial charge in [-0.3, -0.25) is 4.57 Å². The summed E-state index contributed by atoms with van der Waals surface area (Å²) in [6.07, 6.45) is 4.90. The third kappa shape index (κ3) is 1.98. The Morgan fingerprint density at radius 2 is 2.17 bits per heavy atom. The van der Waals surface area contributed by atoms with Gasteiger partial charge in [0.15, 0.2) is 11.5 Å². The molecule has 4 rings (SSSR count). The van der Waals surface area contributed by atoms with Gasteiger partial charge in [0.2, 0.25) is 0 Å². The van der Waals surface area contributed by atoms with E-state index >= 15 is 0 Å². The summed E-state index contributed by atoms with van der Waals surface area (Å²) >= 11 is 0. The van der Waals surface area contributed by atoms with Gasteiger partial charge in [-0.15, -0.1) is 0 Å². The summed E-state index contributed by atoms with van der Waals surface area (Å²) in [6, 6.07) is 4.56. The van der Waals surface area contributed by atoms with Crippen molar-refractivity contribution in [2.24, 2.45) is 0 Å². The van der Waals surface area contributed by atoms with Gasteiger partial charge in [0.05, 0.1) is 23.5 Å². The van der Waals surface area contributed by atoms with Gasteiger partial charge in [-0.2, -0.15) is 5.10 Å². The normalized spacial score (nSPS) is 12.7. The van der Waals surface area contributed by atoms with Crippen molar-refractivity contribution in [1.82, 2.24) is 29.1 Å². The van der Waals surface area contributed by atoms with Crippen LogP contribution in [0, 0.1) is 0 Å². The number of hydrogen-bond donors (Lipinski definition) is 2. The average molecular weight is 324 g/mol. The Bertz CT molecular complexity index is 1140. The number of pyridine rings is 1. The molecule has 0 spiro atoms. The first kappa shape index (κ1) is 14.1. The Morgan fingerprint density at radius 3 is 2.96 bits per heavy atom. The highest BCUT2D eigenvalue weighted by Crippen LogP contribution is 2.22. The van der Waals surface area contributed by atoms with E-state index in [2.05, 4.69) is 20.1 Å². The highest BCUT2D eigenvalue weighted by Gasteiger charge is 2.21. The fourth-order valence-electron chi connectivity index (χ4n) is 2.62. The van der Waals surface area contributed by atoms with E-state index in [9.17, 15) is 14.7 Å². The molecular weight excluding hydrogens is 312 g/mol. The molecule has 120 valence electrons. The number of carboxylic acids is 1. The molecule has 4 aromatic rings. The topological polar surface area (TPSA) is 118 Å². The maximum absolute atomic E-state index is 12.1. The van der Waals surface area contributed by atoms with Crippen LogP contribution in [0.4, 0.5) is 0 Å². The predicted molar refractivity (Wildman–Crippen MR) is 84.7 cm³/mol. The molecule has 24 heavy (non-hydrogen) atoms. The van der Waals surface area contributed by atoms with Gasteiger partial charge in [-0.1, -0.05) is 6.07 Å². The van der Waals surface area contributed by atoms with E-state index in [4.69, 9.17) is 0 Å². The molecule has 9 heteroatoms. The van der Waals surface area contributed by atoms with E-state index < -0.39 is 17.7 Å². The second-order valence-corrected chi connectivity index (χ2v) is 5.33. The minimum Gasteiger partial charge on any atom is -0.480 e. The lowest BCUT2D eigenvalue weighted by molar-refractivity contribution is -0.140. The van der Waals surface area contributed by atoms with Gasteiger partial charge in [0.1, 0.15) is 11.6 Å². The van der Waals surface area contributed by atoms with Crippen LogP contribution in [0.15, 0.2) is 41.6 Å². The summed E-state index contributed by atoms with van der Waals surface area (Å²) in [5.74, 6) is -0.747. The molecule has 0 saturated carbocycles. The van der Waals surface area contributed by atoms with Crippen LogP contribution in [0.2, 0.25) is 0 Å². The van der Waals surface area contributed by atoms with Gasteiger partial charge in [0, 0.05) is 6.20 Å². The second kappa shape index (κ2) is 5.01. The van der Waals surface area contributed by atoms with Crippen molar-refractivity contribution in [2.75, 3.05) is 0 Å². The van der Waals surface area contributed by atoms with Crippen molar-refractivity contribution in [1.29, 1.82) is 0 Å². The number of hydrogen-bond acceptors (Lipinski definition) is 5. The monoisotopic (exact) mass is 324 g/mol. The van der Waals surface area contributed by atoms with E-state index in [1.54, 1.807) is 16.9 Å². The fourth-order valence-corrected chi connectivity index (χ4v) is 2.62. The van der Waals surface area contributed by atoms with E-state index in [-0.39, 0.29) is 5.65 Å². The minimum atomic E-state index is -1.12. The number of nitrogens with one attached hydrogen (secondary N) is 1. The molecule has 1 unspecified atom stereocenters. The highest BCUT2D eigenvalue weighted by molar-refractivity contribution is 5.80. The number of aliphatic carboxylic acids is 1. The van der Waals surface area contributed by atoms with Crippen molar-refractivity contribution in [2.45, 2.75) is 13.0 Å². The smallest absolute Gasteiger partial charge is 0.328 e. The first-order valence-corrected chi connectivity index (χ1v) is 7.19. The van der Waals surface area contributed by atoms with Crippen LogP contribution in [0.25, 0.3) is 28.1 Å². The predicted octanol–water partition coefficient (Wildman–Crippen LogP) is 1.08. The molecule has 0 fully saturated rings. The van der Waals surface area contributed by atoms with Crippen molar-refractivity contribution in [3.05, 3.63) is 47.3 Å². The standard InChI is InChI=1S/C15H12N6O3/c1-8(14(22)23)21-13-10(18-15(21)24)7-16-12(19-13)9-6-17-20-5-3-2-4-11(9)20/h2-8H,1H3,(H,18,24)(H,22,23). The number of H-pyrrole nitrogens is 1. The van der Waals surface area contributed by atoms with Crippen LogP contribution < -0.4 is 5.69 Å². The number of rotatable bonds is 3. The SMILES string of the molecule is CC(C(=O)O)n1c(=O)[nH]c2cnc(-c3cnn4ccccc34)nc21. The Balaban J connectivity index is 1.97. The Labute approximate surface area is 134 Å². The average Bonchev–Trinajstić information content (AvgIpc) is 3.13. The van der Waals surface area contributed by atoms with E-state index in [0.29, 0.717) is 16.9 Å². The Morgan fingerprint density at radius 1 is 1.33 bits per heavy atom. The van der Waals surface area contributed by atoms with Crippen LogP contribution >= 0.6 is 0 Å². The molecular formula is C15H12N6O3. The van der Waals surface area contributed by atoms with Crippen LogP contribution in [0.1, 0.15) is 13.0 Å². The molecule has 0 aliphatic carbocycles. The van der Waals surface area contributed by atoms with Crippen molar-refractivity contribution >= 4 is 22.6 Å². The molecule has 1 atom stereocenters. The molecule has 0 bridgehead atoms. The molecule has 0 saturated heterocycles. The van der Waals surface area contributed by atoms with Gasteiger partial charge < -0.3 is 10.1 Å². The molecule has 0 aliphatic rings. The van der Waals surface area contributed by atoms with Gasteiger partial charge in [-0.25, -0.2) is 24.1 Å². The number of aromatic amines is 1. The molecule has 9 nitrogen and oxygen atoms in total. The number of carbonyl (C=O) groups is 1. The maximum Gasteiger partial charge on any atom is 0.328 e. The van der Waals surface area contributed by atoms with Gasteiger partial charge >= 0.3 is 11.7 Å². The number of fused-ring (bicyclic) bond motifs is 2. The number of carboxylic acid groups (broad SMARTS) is 1. The lowest BCUT2D eigenvalue weighted by Crippen LogP contribution is -2.26. The lowest BCUT2D eigenvalue weighted by atomic mass is 10.2. The summed E-state index contributed by atoms with van der Waals surface area (Å²) in [6.45, 7) is 1.42. The zero-order valence-electron chi connectivity index (χ0n) is 12.5. The molecule has 4 heterocycles. The minimum absolute atomic E-state index is 0.246. The van der Waals surface area contributed by atoms with Crippen LogP contribution in [0.3, 0.4) is 0 Å². The zero-order valence-corrected chi connectivity index (χ0v) is 12.5. The van der Waals surface area contributed by atoms with Crippen molar-refractivity contribution in [3.8, 4) is 11.4 Å². The summed E-state index contributed by atoms with van der Waals surface area (Å²) in [5.41, 5.74) is 1.60. The van der Waals surface area contributed by atoms with E-state index in [0.717, 1.165) is 10.1 Å². The maximum atomic E-state index is 12.1. The Kier molecular flexibility index (Phi) is 2.95. The van der Waals surface area contributed by atoms with Crippen LogP contribution in [-0.4, -0.2) is 40.2 Å². The lowest BCUT2D eigenvalue weighted by Gasteiger charge is -2.07. The zero-order chi connectivity index (χ0) is 16.8. The summed E-state index contributed by atoms with van der Waals surface area (Å²) in [7, 11) is 0. The van der Waals surface area contributed by atoms with E-state index in [1.165, 1.54) is 13.1 Å². The van der Waals surface area contributed by atoms with Crippen LogP contribution in [-0.2, 0) is 4.79 Å². The van der Waals surface area contributed by atoms with Crippen molar-refractivity contribution < 1.29 is 9.90 Å². The third-order valence-electron chi connectivity index (χ3n) is 3.87. The Hall–Kier alpha value is -3.49. The number of imidazole rings is 1. The summed E-state index contributed by atoms with van der Waals surface area (Å²) < 4.78 is 2.79. The largest absolute Gasteiger partial charge is 0.480 e. The number of aromatic nitrogens is 6. The summed E-state index contributed by atoms with van der Waals surface area (Å²) in [4.78, 5) is 34.5. The van der Waals surface area contributed by atoms with Gasteiger partial charge in [0.25, 0.3) is 0 Å². The number of nitrogens with zero attached hydrogens (tertiary/aromatic N) is 5. The van der Waals surface area contributed by atoms with Gasteiger partial charge in [-0.05, 0) is 19.1 Å². The molecule has 0 aromatic carbocycles. The molecule has 2 N–H and O–H groups in total. The van der Waals surface area contributed by atoms with E-state index in [1.807, 2.05) is 18.2 Å². The van der Waals surface area contributed by atoms with Crippen LogP contribution in [0.5, 0.6) is 0 Å². The van der Waals surface area contributed by atoms with Crippen molar-refractivity contribution in [3.63, 3.8) is 0 Å². The summed E-state index contributed by atoms with van der Waals surface area (Å²) in [5, 5.41) is 13.4. The first-order valence-electron chi connectivity index (χ1n) is 7.19. The molecule has 0 radical (unpaired) electrons. The molecule has 0 amide bonds. The molecule has 4 aromatic heterocycles. The first-order chi connectivity index (χ1) is 11.6. The quantitative estimate of drug-likeness (QED) is 0.582.